The number of nitrogens with one attached hydrogen (secondary N) is 1. The summed E-state index contributed by atoms with van der Waals surface area (Å²) in [6, 6.07) is 15.8. The third-order valence-electron chi connectivity index (χ3n) is 4.60. The van der Waals surface area contributed by atoms with E-state index in [-0.39, 0.29) is 17.9 Å². The Morgan fingerprint density at radius 3 is 2.60 bits per heavy atom. The summed E-state index contributed by atoms with van der Waals surface area (Å²) in [7, 11) is 0. The first-order chi connectivity index (χ1) is 14.3. The molecule has 1 N–H and O–H groups in total. The molecule has 8 heteroatoms. The van der Waals surface area contributed by atoms with Gasteiger partial charge in [-0.05, 0) is 36.1 Å². The number of amides is 1. The molecular formula is C22H23N5O2S. The lowest BCUT2D eigenvalue weighted by Crippen LogP contribution is -2.20. The Hall–Kier alpha value is -3.26. The minimum atomic E-state index is -0.281. The van der Waals surface area contributed by atoms with E-state index in [1.54, 1.807) is 4.52 Å². The zero-order chi connectivity index (χ0) is 21.3. The molecule has 0 fully saturated rings. The summed E-state index contributed by atoms with van der Waals surface area (Å²) in [5.41, 5.74) is 3.33. The molecule has 2 aromatic carbocycles. The fourth-order valence-electron chi connectivity index (χ4n) is 2.99. The van der Waals surface area contributed by atoms with E-state index in [1.807, 2.05) is 55.5 Å². The van der Waals surface area contributed by atoms with Gasteiger partial charge in [0.05, 0.1) is 0 Å². The number of hydrogen-bond donors (Lipinski definition) is 1. The SMILES string of the molecule is Cc1cccc(-c2nnc3sc(NC(=O)COc4ccc(C(C)(C)C)cc4)nn23)c1. The van der Waals surface area contributed by atoms with Gasteiger partial charge in [0.15, 0.2) is 12.4 Å². The number of nitrogens with zero attached hydrogens (tertiary/aromatic N) is 4. The molecule has 0 aliphatic carbocycles. The number of ether oxygens (including phenoxy) is 1. The third-order valence-corrected chi connectivity index (χ3v) is 5.42. The van der Waals surface area contributed by atoms with Crippen LogP contribution in [0.5, 0.6) is 5.75 Å². The van der Waals surface area contributed by atoms with Gasteiger partial charge >= 0.3 is 0 Å². The van der Waals surface area contributed by atoms with Crippen molar-refractivity contribution in [2.45, 2.75) is 33.1 Å². The molecule has 154 valence electrons. The van der Waals surface area contributed by atoms with E-state index in [4.69, 9.17) is 4.74 Å². The second kappa shape index (κ2) is 7.87. The van der Waals surface area contributed by atoms with Crippen molar-refractivity contribution < 1.29 is 9.53 Å². The highest BCUT2D eigenvalue weighted by atomic mass is 32.1. The van der Waals surface area contributed by atoms with Gasteiger partial charge in [-0.2, -0.15) is 4.52 Å². The number of carbonyl (C=O) groups excluding carboxylic acids is 1. The van der Waals surface area contributed by atoms with E-state index in [2.05, 4.69) is 41.4 Å². The van der Waals surface area contributed by atoms with E-state index in [1.165, 1.54) is 16.9 Å². The lowest BCUT2D eigenvalue weighted by molar-refractivity contribution is -0.118. The fraction of sp³-hybridized carbons (Fsp3) is 0.273. The van der Waals surface area contributed by atoms with Crippen LogP contribution in [0.2, 0.25) is 0 Å². The Morgan fingerprint density at radius 2 is 1.90 bits per heavy atom. The molecule has 0 saturated heterocycles. The van der Waals surface area contributed by atoms with Crippen LogP contribution in [0.15, 0.2) is 48.5 Å². The molecule has 0 aliphatic heterocycles. The standard InChI is InChI=1S/C22H23N5O2S/c1-14-6-5-7-15(12-14)19-24-25-21-27(19)26-20(30-21)23-18(28)13-29-17-10-8-16(9-11-17)22(2,3)4/h5-12H,13H2,1-4H3,(H,23,26,28). The summed E-state index contributed by atoms with van der Waals surface area (Å²) in [6.07, 6.45) is 0. The van der Waals surface area contributed by atoms with Crippen molar-refractivity contribution in [2.24, 2.45) is 0 Å². The van der Waals surface area contributed by atoms with Gasteiger partial charge < -0.3 is 4.74 Å². The molecule has 0 radical (unpaired) electrons. The quantitative estimate of drug-likeness (QED) is 0.514. The molecular weight excluding hydrogens is 398 g/mol. The number of carbonyl (C=O) groups is 1. The van der Waals surface area contributed by atoms with Crippen LogP contribution in [0, 0.1) is 6.92 Å². The molecule has 2 aromatic heterocycles. The monoisotopic (exact) mass is 421 g/mol. The van der Waals surface area contributed by atoms with E-state index in [0.717, 1.165) is 11.1 Å². The maximum atomic E-state index is 12.3. The predicted octanol–water partition coefficient (Wildman–Crippen LogP) is 4.48. The number of anilines is 1. The van der Waals surface area contributed by atoms with Crippen LogP contribution in [-0.2, 0) is 10.2 Å². The second-order valence-electron chi connectivity index (χ2n) is 8.11. The first kappa shape index (κ1) is 20.0. The molecule has 4 rings (SSSR count). The molecule has 30 heavy (non-hydrogen) atoms. The molecule has 7 nitrogen and oxygen atoms in total. The molecule has 0 atom stereocenters. The van der Waals surface area contributed by atoms with Gasteiger partial charge in [0.2, 0.25) is 10.1 Å². The maximum absolute atomic E-state index is 12.3. The summed E-state index contributed by atoms with van der Waals surface area (Å²) in [5.74, 6) is 1.01. The van der Waals surface area contributed by atoms with E-state index in [9.17, 15) is 4.79 Å². The lowest BCUT2D eigenvalue weighted by atomic mass is 9.87. The topological polar surface area (TPSA) is 81.4 Å². The van der Waals surface area contributed by atoms with Crippen LogP contribution in [0.25, 0.3) is 16.3 Å². The van der Waals surface area contributed by atoms with Gasteiger partial charge in [-0.3, -0.25) is 10.1 Å². The van der Waals surface area contributed by atoms with Gasteiger partial charge in [0, 0.05) is 5.56 Å². The van der Waals surface area contributed by atoms with Crippen molar-refractivity contribution >= 4 is 27.3 Å². The molecule has 0 spiro atoms. The largest absolute Gasteiger partial charge is 0.484 e. The van der Waals surface area contributed by atoms with Crippen LogP contribution in [-0.4, -0.2) is 32.3 Å². The molecule has 0 bridgehead atoms. The number of aromatic nitrogens is 4. The van der Waals surface area contributed by atoms with Crippen LogP contribution >= 0.6 is 11.3 Å². The third kappa shape index (κ3) is 4.33. The smallest absolute Gasteiger partial charge is 0.264 e. The fourth-order valence-corrected chi connectivity index (χ4v) is 3.74. The summed E-state index contributed by atoms with van der Waals surface area (Å²) in [4.78, 5) is 12.9. The van der Waals surface area contributed by atoms with Crippen molar-refractivity contribution in [3.63, 3.8) is 0 Å². The molecule has 1 amide bonds. The van der Waals surface area contributed by atoms with Gasteiger partial charge in [-0.1, -0.05) is 68.0 Å². The van der Waals surface area contributed by atoms with Crippen molar-refractivity contribution in [2.75, 3.05) is 11.9 Å². The van der Waals surface area contributed by atoms with Crippen LogP contribution in [0.1, 0.15) is 31.9 Å². The molecule has 0 aliphatic rings. The number of benzene rings is 2. The highest BCUT2D eigenvalue weighted by Gasteiger charge is 2.16. The van der Waals surface area contributed by atoms with E-state index < -0.39 is 0 Å². The van der Waals surface area contributed by atoms with E-state index >= 15 is 0 Å². The number of fused-ring (bicyclic) bond motifs is 1. The average molecular weight is 422 g/mol. The predicted molar refractivity (Wildman–Crippen MR) is 118 cm³/mol. The van der Waals surface area contributed by atoms with Gasteiger partial charge in [-0.15, -0.1) is 15.3 Å². The Bertz CT molecular complexity index is 1190. The van der Waals surface area contributed by atoms with Gasteiger partial charge in [0.25, 0.3) is 5.91 Å². The Labute approximate surface area is 178 Å². The average Bonchev–Trinajstić information content (AvgIpc) is 3.26. The summed E-state index contributed by atoms with van der Waals surface area (Å²) < 4.78 is 7.24. The second-order valence-corrected chi connectivity index (χ2v) is 9.06. The van der Waals surface area contributed by atoms with E-state index in [0.29, 0.717) is 21.7 Å². The van der Waals surface area contributed by atoms with Crippen molar-refractivity contribution in [1.82, 2.24) is 19.8 Å². The zero-order valence-electron chi connectivity index (χ0n) is 17.3. The molecule has 0 saturated carbocycles. The van der Waals surface area contributed by atoms with Crippen molar-refractivity contribution in [1.29, 1.82) is 0 Å². The van der Waals surface area contributed by atoms with Crippen LogP contribution < -0.4 is 10.1 Å². The normalized spacial score (nSPS) is 11.6. The van der Waals surface area contributed by atoms with Crippen molar-refractivity contribution in [3.8, 4) is 17.1 Å². The zero-order valence-corrected chi connectivity index (χ0v) is 18.2. The molecule has 2 heterocycles. The van der Waals surface area contributed by atoms with Gasteiger partial charge in [-0.25, -0.2) is 0 Å². The maximum Gasteiger partial charge on any atom is 0.264 e. The summed E-state index contributed by atoms with van der Waals surface area (Å²) in [5, 5.41) is 16.0. The molecule has 0 unspecified atom stereocenters. The van der Waals surface area contributed by atoms with Crippen LogP contribution in [0.3, 0.4) is 0 Å². The Kier molecular flexibility index (Phi) is 5.26. The van der Waals surface area contributed by atoms with Crippen molar-refractivity contribution in [3.05, 3.63) is 59.7 Å². The van der Waals surface area contributed by atoms with Crippen LogP contribution in [0.4, 0.5) is 5.13 Å². The molecule has 4 aromatic rings. The highest BCUT2D eigenvalue weighted by molar-refractivity contribution is 7.20. The lowest BCUT2D eigenvalue weighted by Gasteiger charge is -2.19. The Morgan fingerprint density at radius 1 is 1.13 bits per heavy atom. The number of aryl methyl sites for hydroxylation is 1. The summed E-state index contributed by atoms with van der Waals surface area (Å²) in [6.45, 7) is 8.38. The Balaban J connectivity index is 1.41. The minimum Gasteiger partial charge on any atom is -0.484 e. The van der Waals surface area contributed by atoms with Gasteiger partial charge in [0.1, 0.15) is 5.75 Å². The first-order valence-corrected chi connectivity index (χ1v) is 10.4. The number of hydrogen-bond acceptors (Lipinski definition) is 6. The minimum absolute atomic E-state index is 0.0739. The number of rotatable bonds is 5. The highest BCUT2D eigenvalue weighted by Crippen LogP contribution is 2.25. The first-order valence-electron chi connectivity index (χ1n) is 9.62. The summed E-state index contributed by atoms with van der Waals surface area (Å²) >= 11 is 1.26.